The first-order chi connectivity index (χ1) is 11.0. The lowest BCUT2D eigenvalue weighted by Gasteiger charge is -2.09. The molecule has 3 aromatic rings. The Morgan fingerprint density at radius 3 is 2.39 bits per heavy atom. The van der Waals surface area contributed by atoms with Crippen molar-refractivity contribution in [3.05, 3.63) is 48.0 Å². The highest BCUT2D eigenvalue weighted by Gasteiger charge is 2.08. The number of hydrogen-bond donors (Lipinski definition) is 4. The first-order valence-corrected chi connectivity index (χ1v) is 6.95. The summed E-state index contributed by atoms with van der Waals surface area (Å²) in [6, 6.07) is 12.3. The second-order valence-electron chi connectivity index (χ2n) is 5.09. The van der Waals surface area contributed by atoms with Gasteiger partial charge < -0.3 is 21.9 Å². The van der Waals surface area contributed by atoms with Crippen LogP contribution in [0.15, 0.2) is 42.5 Å². The van der Waals surface area contributed by atoms with Gasteiger partial charge in [0.1, 0.15) is 5.75 Å². The molecule has 7 nitrogen and oxygen atoms in total. The van der Waals surface area contributed by atoms with Crippen LogP contribution >= 0.6 is 0 Å². The number of aromatic hydroxyl groups is 1. The summed E-state index contributed by atoms with van der Waals surface area (Å²) in [5, 5.41) is 12.6. The van der Waals surface area contributed by atoms with Crippen molar-refractivity contribution in [2.24, 2.45) is 0 Å². The quantitative estimate of drug-likeness (QED) is 0.433. The Bertz CT molecular complexity index is 848. The topological polar surface area (TPSA) is 123 Å². The summed E-state index contributed by atoms with van der Waals surface area (Å²) in [7, 11) is 0. The largest absolute Gasteiger partial charge is 0.508 e. The van der Waals surface area contributed by atoms with Crippen LogP contribution in [0.2, 0.25) is 0 Å². The molecule has 116 valence electrons. The summed E-state index contributed by atoms with van der Waals surface area (Å²) in [4.78, 5) is 12.6. The minimum atomic E-state index is 0.116. The number of phenolic OH excluding ortho intramolecular Hbond substituents is 1. The van der Waals surface area contributed by atoms with Gasteiger partial charge in [-0.1, -0.05) is 0 Å². The normalized spacial score (nSPS) is 10.5. The van der Waals surface area contributed by atoms with Crippen LogP contribution in [-0.2, 0) is 0 Å². The molecule has 0 spiro atoms. The second kappa shape index (κ2) is 5.80. The van der Waals surface area contributed by atoms with E-state index in [1.807, 2.05) is 19.1 Å². The molecule has 7 heteroatoms. The van der Waals surface area contributed by atoms with E-state index in [0.29, 0.717) is 17.5 Å². The molecule has 0 bridgehead atoms. The fraction of sp³-hybridized carbons (Fsp3) is 0.0625. The number of rotatable bonds is 3. The summed E-state index contributed by atoms with van der Waals surface area (Å²) >= 11 is 0. The number of anilines is 4. The highest BCUT2D eigenvalue weighted by atomic mass is 16.3. The van der Waals surface area contributed by atoms with E-state index in [9.17, 15) is 5.11 Å². The highest BCUT2D eigenvalue weighted by Crippen LogP contribution is 2.23. The molecule has 0 amide bonds. The van der Waals surface area contributed by atoms with Crippen molar-refractivity contribution in [2.75, 3.05) is 16.8 Å². The predicted molar refractivity (Wildman–Crippen MR) is 90.2 cm³/mol. The van der Waals surface area contributed by atoms with E-state index in [4.69, 9.17) is 11.5 Å². The Hall–Kier alpha value is -3.35. The van der Waals surface area contributed by atoms with Gasteiger partial charge in [-0.2, -0.15) is 15.0 Å². The van der Waals surface area contributed by atoms with Crippen LogP contribution in [-0.4, -0.2) is 20.1 Å². The monoisotopic (exact) mass is 308 g/mol. The van der Waals surface area contributed by atoms with Crippen molar-refractivity contribution in [2.45, 2.75) is 6.92 Å². The van der Waals surface area contributed by atoms with Crippen LogP contribution in [0.3, 0.4) is 0 Å². The fourth-order valence-electron chi connectivity index (χ4n) is 2.07. The summed E-state index contributed by atoms with van der Waals surface area (Å²) in [5.41, 5.74) is 14.4. The summed E-state index contributed by atoms with van der Waals surface area (Å²) in [6.07, 6.45) is 0. The second-order valence-corrected chi connectivity index (χ2v) is 5.09. The van der Waals surface area contributed by atoms with Gasteiger partial charge in [-0.25, -0.2) is 0 Å². The van der Waals surface area contributed by atoms with Crippen molar-refractivity contribution in [3.63, 3.8) is 0 Å². The lowest BCUT2D eigenvalue weighted by Crippen LogP contribution is -2.05. The number of nitrogens with one attached hydrogen (secondary N) is 1. The SMILES string of the molecule is Cc1cc(Nc2nc(N)nc(-c3ccc(N)cc3)n2)ccc1O. The van der Waals surface area contributed by atoms with Gasteiger partial charge in [0.15, 0.2) is 5.82 Å². The molecule has 0 radical (unpaired) electrons. The smallest absolute Gasteiger partial charge is 0.232 e. The van der Waals surface area contributed by atoms with Gasteiger partial charge >= 0.3 is 0 Å². The third kappa shape index (κ3) is 3.29. The van der Waals surface area contributed by atoms with E-state index in [1.165, 1.54) is 0 Å². The molecule has 0 saturated carbocycles. The minimum absolute atomic E-state index is 0.116. The molecule has 1 heterocycles. The Kier molecular flexibility index (Phi) is 3.68. The Balaban J connectivity index is 1.93. The van der Waals surface area contributed by atoms with E-state index in [0.717, 1.165) is 16.8 Å². The number of benzene rings is 2. The first-order valence-electron chi connectivity index (χ1n) is 6.95. The van der Waals surface area contributed by atoms with Gasteiger partial charge in [-0.05, 0) is 55.0 Å². The maximum absolute atomic E-state index is 9.57. The predicted octanol–water partition coefficient (Wildman–Crippen LogP) is 2.46. The van der Waals surface area contributed by atoms with Crippen LogP contribution < -0.4 is 16.8 Å². The van der Waals surface area contributed by atoms with E-state index < -0.39 is 0 Å². The van der Waals surface area contributed by atoms with Gasteiger partial charge in [0.05, 0.1) is 0 Å². The van der Waals surface area contributed by atoms with E-state index in [1.54, 1.807) is 30.3 Å². The molecule has 2 aromatic carbocycles. The van der Waals surface area contributed by atoms with Crippen molar-refractivity contribution >= 4 is 23.3 Å². The van der Waals surface area contributed by atoms with E-state index in [2.05, 4.69) is 20.3 Å². The maximum Gasteiger partial charge on any atom is 0.232 e. The molecule has 1 aromatic heterocycles. The molecule has 6 N–H and O–H groups in total. The lowest BCUT2D eigenvalue weighted by molar-refractivity contribution is 0.471. The number of nitrogens with two attached hydrogens (primary N) is 2. The van der Waals surface area contributed by atoms with Crippen molar-refractivity contribution in [3.8, 4) is 17.1 Å². The average molecular weight is 308 g/mol. The molecule has 0 fully saturated rings. The minimum Gasteiger partial charge on any atom is -0.508 e. The van der Waals surface area contributed by atoms with Crippen molar-refractivity contribution in [1.82, 2.24) is 15.0 Å². The number of nitrogen functional groups attached to an aromatic ring is 2. The van der Waals surface area contributed by atoms with E-state index >= 15 is 0 Å². The molecule has 0 atom stereocenters. The molecule has 0 aliphatic rings. The average Bonchev–Trinajstić information content (AvgIpc) is 2.51. The number of aryl methyl sites for hydroxylation is 1. The summed E-state index contributed by atoms with van der Waals surface area (Å²) in [6.45, 7) is 1.81. The van der Waals surface area contributed by atoms with Gasteiger partial charge in [0.2, 0.25) is 11.9 Å². The number of aromatic nitrogens is 3. The molecule has 23 heavy (non-hydrogen) atoms. The zero-order valence-corrected chi connectivity index (χ0v) is 12.5. The van der Waals surface area contributed by atoms with Crippen LogP contribution in [0.4, 0.5) is 23.3 Å². The van der Waals surface area contributed by atoms with Crippen LogP contribution in [0.5, 0.6) is 5.75 Å². The number of phenols is 1. The zero-order valence-electron chi connectivity index (χ0n) is 12.5. The van der Waals surface area contributed by atoms with Crippen LogP contribution in [0.25, 0.3) is 11.4 Å². The molecular weight excluding hydrogens is 292 g/mol. The maximum atomic E-state index is 9.57. The summed E-state index contributed by atoms with van der Waals surface area (Å²) < 4.78 is 0. The Morgan fingerprint density at radius 2 is 1.70 bits per heavy atom. The third-order valence-electron chi connectivity index (χ3n) is 3.27. The lowest BCUT2D eigenvalue weighted by atomic mass is 10.2. The van der Waals surface area contributed by atoms with Crippen molar-refractivity contribution in [1.29, 1.82) is 0 Å². The molecular formula is C16H16N6O. The summed E-state index contributed by atoms with van der Waals surface area (Å²) in [5.74, 6) is 1.13. The first kappa shape index (κ1) is 14.6. The number of hydrogen-bond acceptors (Lipinski definition) is 7. The van der Waals surface area contributed by atoms with E-state index in [-0.39, 0.29) is 11.7 Å². The highest BCUT2D eigenvalue weighted by molar-refractivity contribution is 5.63. The Labute approximate surface area is 133 Å². The zero-order chi connectivity index (χ0) is 16.4. The molecule has 0 saturated heterocycles. The van der Waals surface area contributed by atoms with Gasteiger partial charge in [-0.15, -0.1) is 0 Å². The Morgan fingerprint density at radius 1 is 0.957 bits per heavy atom. The standard InChI is InChI=1S/C16H16N6O/c1-9-8-12(6-7-13(9)23)19-16-21-14(20-15(18)22-16)10-2-4-11(17)5-3-10/h2-8,23H,17H2,1H3,(H3,18,19,20,21,22). The number of nitrogens with zero attached hydrogens (tertiary/aromatic N) is 3. The van der Waals surface area contributed by atoms with Gasteiger partial charge in [0, 0.05) is 16.9 Å². The third-order valence-corrected chi connectivity index (χ3v) is 3.27. The van der Waals surface area contributed by atoms with Crippen LogP contribution in [0.1, 0.15) is 5.56 Å². The molecule has 0 unspecified atom stereocenters. The van der Waals surface area contributed by atoms with Gasteiger partial charge in [-0.3, -0.25) is 0 Å². The van der Waals surface area contributed by atoms with Crippen molar-refractivity contribution < 1.29 is 5.11 Å². The molecule has 0 aliphatic carbocycles. The van der Waals surface area contributed by atoms with Crippen LogP contribution in [0, 0.1) is 6.92 Å². The van der Waals surface area contributed by atoms with Gasteiger partial charge in [0.25, 0.3) is 0 Å². The molecule has 3 rings (SSSR count). The molecule has 0 aliphatic heterocycles. The fourth-order valence-corrected chi connectivity index (χ4v) is 2.07.